The van der Waals surface area contributed by atoms with Crippen LogP contribution in [0.1, 0.15) is 127 Å². The number of nitrogens with two attached hydrogens (primary N) is 2. The van der Waals surface area contributed by atoms with Crippen LogP contribution in [-0.4, -0.2) is 117 Å². The molecule has 5 aliphatic heterocycles. The predicted molar refractivity (Wildman–Crippen MR) is 284 cm³/mol. The number of hydrogen-bond donors (Lipinski definition) is 5. The summed E-state index contributed by atoms with van der Waals surface area (Å²) in [5.74, 6) is -9.03. The van der Waals surface area contributed by atoms with Gasteiger partial charge in [0, 0.05) is 35.1 Å². The molecule has 4 bridgehead atoms. The molecule has 13 atom stereocenters. The molecule has 0 aromatic heterocycles. The van der Waals surface area contributed by atoms with Crippen molar-refractivity contribution in [2.75, 3.05) is 13.7 Å². The Morgan fingerprint density at radius 2 is 1.64 bits per heavy atom. The molecule has 8 aliphatic rings. The van der Waals surface area contributed by atoms with Crippen LogP contribution in [0.25, 0.3) is 6.08 Å². The molecule has 10 rings (SSSR count). The number of oxime groups is 1. The summed E-state index contributed by atoms with van der Waals surface area (Å²) in [5.41, 5.74) is 10.0. The number of aliphatic hydroxyl groups is 2. The number of rotatable bonds is 15. The van der Waals surface area contributed by atoms with Crippen LogP contribution in [0, 0.1) is 29.6 Å². The third-order valence-electron chi connectivity index (χ3n) is 16.7. The SMILES string of the molecule is C=C(N)C(/C(N)=N\O)C1C2C(=O)c3c(OC(=O)c4ccc(O[C@@H]5O[C@@H]6COC(C)(C)O[C@H]6[C@H](O)[C@H]5O)cc4)c4c(c(CC=C(C)C)c3OC23[C@@H]2C[C@@H]1C(=O)C3(C/C=C(/C)C(=O)OC)OC2(C)C)OC(C)(CCC=C(C)C)C=C4. The normalized spacial score (nSPS) is 33.2. The standard InChI is InChI=1S/C59H73N3O16/c1-28(2)14-13-23-57(11)24-22-35-46(76-57)34(20-15-29(3)4)48-41(47(35)74-53(68)32-16-18-33(19-17-32)72-54-45(65)44(64)49-37(73-54)27-71-56(9,10)75-49)43(63)42-40(39(31(6)60)51(61)62-69)36-26-38-55(7,8)78-58(50(36)66,59(38,42)77-48)25-21-30(5)52(67)70-12/h14-19,21-22,24,36-40,42,44-45,49,54,64-65,69H,6,13,20,23,25-27,60H2,1-5,7-12H3,(H2,61,62)/b30-21-/t36-,37+,38+,39?,40?,42?,44+,45+,49+,54+,57?,58?,59?/m0/s1. The lowest BCUT2D eigenvalue weighted by atomic mass is 9.41. The predicted octanol–water partition coefficient (Wildman–Crippen LogP) is 6.96. The van der Waals surface area contributed by atoms with E-state index in [4.69, 9.17) is 54.1 Å². The molecule has 3 aliphatic carbocycles. The van der Waals surface area contributed by atoms with E-state index in [9.17, 15) is 25.0 Å². The molecule has 0 amide bonds. The maximum Gasteiger partial charge on any atom is 0.343 e. The van der Waals surface area contributed by atoms with Gasteiger partial charge in [0.1, 0.15) is 58.7 Å². The fourth-order valence-electron chi connectivity index (χ4n) is 13.1. The summed E-state index contributed by atoms with van der Waals surface area (Å²) in [6.45, 7) is 22.6. The van der Waals surface area contributed by atoms with E-state index in [1.807, 2.05) is 60.6 Å². The van der Waals surface area contributed by atoms with Crippen molar-refractivity contribution in [1.82, 2.24) is 0 Å². The van der Waals surface area contributed by atoms with Gasteiger partial charge in [0.25, 0.3) is 0 Å². The molecule has 0 radical (unpaired) electrons. The number of carbonyl (C=O) groups is 4. The highest BCUT2D eigenvalue weighted by Crippen LogP contribution is 2.73. The van der Waals surface area contributed by atoms with E-state index >= 15 is 9.59 Å². The summed E-state index contributed by atoms with van der Waals surface area (Å²) >= 11 is 0. The van der Waals surface area contributed by atoms with E-state index in [2.05, 4.69) is 17.8 Å². The molecule has 7 N–H and O–H groups in total. The molecule has 420 valence electrons. The second-order valence-corrected chi connectivity index (χ2v) is 23.4. The van der Waals surface area contributed by atoms with Crippen LogP contribution >= 0.6 is 0 Å². The summed E-state index contributed by atoms with van der Waals surface area (Å²) in [6, 6.07) is 5.80. The largest absolute Gasteiger partial charge is 0.482 e. The number of amidine groups is 1. The molecule has 6 unspecified atom stereocenters. The van der Waals surface area contributed by atoms with Crippen LogP contribution in [-0.2, 0) is 39.7 Å². The van der Waals surface area contributed by atoms with Gasteiger partial charge in [-0.1, -0.05) is 41.1 Å². The average molecular weight is 1080 g/mol. The highest BCUT2D eigenvalue weighted by atomic mass is 16.8. The van der Waals surface area contributed by atoms with Gasteiger partial charge in [-0.2, -0.15) is 0 Å². The molecule has 19 nitrogen and oxygen atoms in total. The molecule has 19 heteroatoms. The van der Waals surface area contributed by atoms with Gasteiger partial charge in [0.15, 0.2) is 34.3 Å². The number of hydrogen-bond acceptors (Lipinski definition) is 18. The first-order valence-electron chi connectivity index (χ1n) is 26.5. The Labute approximate surface area is 454 Å². The van der Waals surface area contributed by atoms with Gasteiger partial charge >= 0.3 is 11.9 Å². The maximum absolute atomic E-state index is 16.7. The number of ketones is 2. The zero-order valence-electron chi connectivity index (χ0n) is 46.2. The Balaban J connectivity index is 1.21. The lowest BCUT2D eigenvalue weighted by Gasteiger charge is -2.64. The molecular weight excluding hydrogens is 1010 g/mol. The topological polar surface area (TPSA) is 276 Å². The highest BCUT2D eigenvalue weighted by molar-refractivity contribution is 6.11. The van der Waals surface area contributed by atoms with Gasteiger partial charge in [0.05, 0.1) is 42.3 Å². The Morgan fingerprint density at radius 1 is 0.949 bits per heavy atom. The number of benzene rings is 2. The quantitative estimate of drug-likeness (QED) is 0.0176. The minimum absolute atomic E-state index is 0.0111. The Bertz CT molecular complexity index is 2960. The number of carbonyl (C=O) groups excluding carboxylic acids is 4. The van der Waals surface area contributed by atoms with Gasteiger partial charge in [-0.25, -0.2) is 9.59 Å². The number of ether oxygens (including phenoxy) is 9. The number of Topliss-reactive ketones (excluding diaryl/α,β-unsaturated/α-hetero) is 2. The molecule has 78 heavy (non-hydrogen) atoms. The van der Waals surface area contributed by atoms with Crippen molar-refractivity contribution in [2.24, 2.45) is 46.2 Å². The second kappa shape index (κ2) is 20.4. The van der Waals surface area contributed by atoms with Crippen molar-refractivity contribution in [3.8, 4) is 23.0 Å². The summed E-state index contributed by atoms with van der Waals surface area (Å²) in [5, 5.41) is 35.7. The van der Waals surface area contributed by atoms with Crippen molar-refractivity contribution in [3.63, 3.8) is 0 Å². The maximum atomic E-state index is 16.7. The first kappa shape index (κ1) is 56.4. The third-order valence-corrected chi connectivity index (χ3v) is 16.7. The molecule has 2 aromatic carbocycles. The average Bonchev–Trinajstić information content (AvgIpc) is 1.87. The number of allylic oxidation sites excluding steroid dienone is 4. The smallest absolute Gasteiger partial charge is 0.343 e. The summed E-state index contributed by atoms with van der Waals surface area (Å²) < 4.78 is 57.0. The van der Waals surface area contributed by atoms with E-state index < -0.39 is 112 Å². The van der Waals surface area contributed by atoms with Crippen molar-refractivity contribution < 1.29 is 77.2 Å². The van der Waals surface area contributed by atoms with Gasteiger partial charge in [-0.3, -0.25) is 9.59 Å². The van der Waals surface area contributed by atoms with Crippen LogP contribution in [0.5, 0.6) is 23.0 Å². The second-order valence-electron chi connectivity index (χ2n) is 23.4. The van der Waals surface area contributed by atoms with E-state index in [1.165, 1.54) is 31.4 Å². The van der Waals surface area contributed by atoms with Gasteiger partial charge in [-0.05, 0) is 137 Å². The van der Waals surface area contributed by atoms with Gasteiger partial charge in [-0.15, -0.1) is 0 Å². The van der Waals surface area contributed by atoms with Crippen molar-refractivity contribution in [3.05, 3.63) is 99.8 Å². The van der Waals surface area contributed by atoms with Crippen LogP contribution in [0.15, 0.2) is 82.7 Å². The molecule has 3 saturated carbocycles. The molecule has 6 fully saturated rings. The lowest BCUT2D eigenvalue weighted by Crippen LogP contribution is -2.79. The minimum Gasteiger partial charge on any atom is -0.482 e. The minimum atomic E-state index is -1.92. The fourth-order valence-corrected chi connectivity index (χ4v) is 13.1. The van der Waals surface area contributed by atoms with Gasteiger partial charge < -0.3 is 69.5 Å². The molecule has 5 heterocycles. The van der Waals surface area contributed by atoms with E-state index in [1.54, 1.807) is 32.9 Å². The zero-order chi connectivity index (χ0) is 56.8. The van der Waals surface area contributed by atoms with E-state index in [-0.39, 0.29) is 82.7 Å². The van der Waals surface area contributed by atoms with Gasteiger partial charge in [0.2, 0.25) is 6.29 Å². The number of fused-ring (bicyclic) bond motifs is 3. The van der Waals surface area contributed by atoms with E-state index in [0.29, 0.717) is 18.4 Å². The van der Waals surface area contributed by atoms with Crippen molar-refractivity contribution >= 4 is 35.4 Å². The Morgan fingerprint density at radius 3 is 2.28 bits per heavy atom. The number of methoxy groups -OCH3 is 1. The number of esters is 2. The number of aliphatic hydroxyl groups excluding tert-OH is 2. The van der Waals surface area contributed by atoms with Crippen LogP contribution < -0.4 is 30.4 Å². The third kappa shape index (κ3) is 9.32. The van der Waals surface area contributed by atoms with Crippen LogP contribution in [0.3, 0.4) is 0 Å². The van der Waals surface area contributed by atoms with E-state index in [0.717, 1.165) is 11.1 Å². The molecule has 3 saturated heterocycles. The van der Waals surface area contributed by atoms with Crippen molar-refractivity contribution in [2.45, 2.75) is 160 Å². The first-order chi connectivity index (χ1) is 36.6. The highest BCUT2D eigenvalue weighted by Gasteiger charge is 2.86. The Kier molecular flexibility index (Phi) is 14.7. The monoisotopic (exact) mass is 1080 g/mol. The first-order valence-corrected chi connectivity index (χ1v) is 26.5. The van der Waals surface area contributed by atoms with Crippen LogP contribution in [0.2, 0.25) is 0 Å². The van der Waals surface area contributed by atoms with Crippen molar-refractivity contribution in [1.29, 1.82) is 0 Å². The fraction of sp³-hybridized carbons (Fsp3) is 0.542. The Hall–Kier alpha value is -6.35. The molecule has 2 aromatic rings. The summed E-state index contributed by atoms with van der Waals surface area (Å²) in [6.07, 6.45) is 4.79. The number of nitrogens with zero attached hydrogens (tertiary/aromatic N) is 1. The van der Waals surface area contributed by atoms with Crippen LogP contribution in [0.4, 0.5) is 0 Å². The lowest BCUT2D eigenvalue weighted by molar-refractivity contribution is -0.373. The zero-order valence-corrected chi connectivity index (χ0v) is 46.2. The summed E-state index contributed by atoms with van der Waals surface area (Å²) in [7, 11) is 1.25. The molecule has 1 spiro atoms. The molecular formula is C59H73N3O16. The summed E-state index contributed by atoms with van der Waals surface area (Å²) in [4.78, 5) is 60.3.